The lowest BCUT2D eigenvalue weighted by Gasteiger charge is -2.37. The van der Waals surface area contributed by atoms with Crippen LogP contribution < -0.4 is 0 Å². The lowest BCUT2D eigenvalue weighted by molar-refractivity contribution is 0.133. The van der Waals surface area contributed by atoms with Crippen LogP contribution in [0.4, 0.5) is 0 Å². The van der Waals surface area contributed by atoms with Crippen molar-refractivity contribution >= 4 is 7.60 Å². The molecule has 0 amide bonds. The molecule has 1 aliphatic carbocycles. The Balaban J connectivity index is 2.20. The Kier molecular flexibility index (Phi) is 7.79. The van der Waals surface area contributed by atoms with E-state index < -0.39 is 7.60 Å². The summed E-state index contributed by atoms with van der Waals surface area (Å²) in [4.78, 5) is 17.6. The Labute approximate surface area is 124 Å². The molecule has 2 unspecified atom stereocenters. The molecule has 0 spiro atoms. The highest BCUT2D eigenvalue weighted by molar-refractivity contribution is 7.51. The van der Waals surface area contributed by atoms with Gasteiger partial charge in [-0.3, -0.25) is 4.57 Å². The van der Waals surface area contributed by atoms with Gasteiger partial charge in [-0.15, -0.1) is 0 Å². The minimum atomic E-state index is -3.77. The normalized spacial score (nSPS) is 28.0. The molecule has 0 bridgehead atoms. The summed E-state index contributed by atoms with van der Waals surface area (Å²) in [5.74, 6) is 3.44. The lowest BCUT2D eigenvalue weighted by atomic mass is 9.68. The van der Waals surface area contributed by atoms with Gasteiger partial charge in [-0.05, 0) is 42.9 Å². The molecule has 120 valence electrons. The van der Waals surface area contributed by atoms with Crippen LogP contribution in [0, 0.1) is 23.7 Å². The Bertz CT molecular complexity index is 311. The van der Waals surface area contributed by atoms with Crippen molar-refractivity contribution in [2.45, 2.75) is 72.1 Å². The van der Waals surface area contributed by atoms with E-state index in [1.807, 2.05) is 0 Å². The summed E-state index contributed by atoms with van der Waals surface area (Å²) in [5, 5.41) is 0. The standard InChI is InChI=1S/C16H33O3P/c1-13(2)16-10-9-14(3)12-15(16)8-6-4-5-7-11-20(17,18)19/h13-16H,4-12H2,1-3H3,(H2,17,18,19)/t14-,15?,16?/m0/s1. The minimum absolute atomic E-state index is 0.0576. The van der Waals surface area contributed by atoms with Crippen molar-refractivity contribution in [2.24, 2.45) is 23.7 Å². The van der Waals surface area contributed by atoms with Gasteiger partial charge in [0.2, 0.25) is 0 Å². The zero-order valence-corrected chi connectivity index (χ0v) is 14.3. The van der Waals surface area contributed by atoms with Crippen molar-refractivity contribution in [3.05, 3.63) is 0 Å². The van der Waals surface area contributed by atoms with E-state index in [9.17, 15) is 4.57 Å². The summed E-state index contributed by atoms with van der Waals surface area (Å²) in [6.45, 7) is 7.09. The number of unbranched alkanes of at least 4 members (excludes halogenated alkanes) is 3. The molecule has 0 aliphatic heterocycles. The molecule has 0 aromatic carbocycles. The SMILES string of the molecule is CC(C)C1CC[C@H](C)CC1CCCCCCP(=O)(O)O. The molecule has 1 aliphatic rings. The van der Waals surface area contributed by atoms with Crippen LogP contribution in [-0.2, 0) is 4.57 Å². The summed E-state index contributed by atoms with van der Waals surface area (Å²) in [6, 6.07) is 0. The number of hydrogen-bond acceptors (Lipinski definition) is 1. The van der Waals surface area contributed by atoms with E-state index in [0.717, 1.165) is 36.5 Å². The van der Waals surface area contributed by atoms with E-state index in [1.54, 1.807) is 0 Å². The van der Waals surface area contributed by atoms with Crippen LogP contribution >= 0.6 is 7.60 Å². The molecule has 0 saturated heterocycles. The highest BCUT2D eigenvalue weighted by Crippen LogP contribution is 2.40. The Morgan fingerprint density at radius 1 is 1.10 bits per heavy atom. The highest BCUT2D eigenvalue weighted by atomic mass is 31.2. The first-order valence-corrected chi connectivity index (χ1v) is 10.1. The second-order valence-electron chi connectivity index (χ2n) is 7.18. The third kappa shape index (κ3) is 7.24. The van der Waals surface area contributed by atoms with Gasteiger partial charge in [0, 0.05) is 6.16 Å². The Morgan fingerprint density at radius 2 is 1.75 bits per heavy atom. The fraction of sp³-hybridized carbons (Fsp3) is 1.00. The van der Waals surface area contributed by atoms with Gasteiger partial charge in [0.15, 0.2) is 0 Å². The smallest absolute Gasteiger partial charge is 0.324 e. The third-order valence-electron chi connectivity index (χ3n) is 4.93. The summed E-state index contributed by atoms with van der Waals surface area (Å²) in [7, 11) is -3.77. The first kappa shape index (κ1) is 18.2. The Morgan fingerprint density at radius 3 is 2.35 bits per heavy atom. The van der Waals surface area contributed by atoms with Gasteiger partial charge in [0.05, 0.1) is 0 Å². The van der Waals surface area contributed by atoms with Crippen LogP contribution in [0.5, 0.6) is 0 Å². The van der Waals surface area contributed by atoms with Crippen LogP contribution in [-0.4, -0.2) is 15.9 Å². The molecular formula is C16H33O3P. The summed E-state index contributed by atoms with van der Waals surface area (Å²) >= 11 is 0. The zero-order chi connectivity index (χ0) is 15.2. The molecule has 3 atom stereocenters. The second-order valence-corrected chi connectivity index (χ2v) is 8.95. The predicted octanol–water partition coefficient (Wildman–Crippen LogP) is 4.82. The molecule has 0 heterocycles. The lowest BCUT2D eigenvalue weighted by Crippen LogP contribution is -2.27. The molecule has 4 heteroatoms. The largest absolute Gasteiger partial charge is 0.325 e. The van der Waals surface area contributed by atoms with E-state index in [-0.39, 0.29) is 6.16 Å². The fourth-order valence-corrected chi connectivity index (χ4v) is 4.45. The number of hydrogen-bond donors (Lipinski definition) is 2. The molecule has 0 aromatic heterocycles. The van der Waals surface area contributed by atoms with E-state index in [4.69, 9.17) is 9.79 Å². The fourth-order valence-electron chi connectivity index (χ4n) is 3.81. The van der Waals surface area contributed by atoms with Crippen molar-refractivity contribution in [2.75, 3.05) is 6.16 Å². The van der Waals surface area contributed by atoms with Gasteiger partial charge in [0.1, 0.15) is 0 Å². The third-order valence-corrected chi connectivity index (χ3v) is 5.83. The van der Waals surface area contributed by atoms with Crippen LogP contribution in [0.3, 0.4) is 0 Å². The van der Waals surface area contributed by atoms with Gasteiger partial charge < -0.3 is 9.79 Å². The maximum Gasteiger partial charge on any atom is 0.325 e. The van der Waals surface area contributed by atoms with Crippen molar-refractivity contribution in [3.63, 3.8) is 0 Å². The summed E-state index contributed by atoms with van der Waals surface area (Å²) in [5.41, 5.74) is 0. The topological polar surface area (TPSA) is 57.5 Å². The average molecular weight is 304 g/mol. The van der Waals surface area contributed by atoms with Gasteiger partial charge >= 0.3 is 7.60 Å². The maximum absolute atomic E-state index is 10.8. The van der Waals surface area contributed by atoms with Crippen molar-refractivity contribution in [3.8, 4) is 0 Å². The first-order valence-electron chi connectivity index (χ1n) is 8.34. The first-order chi connectivity index (χ1) is 9.29. The van der Waals surface area contributed by atoms with Crippen molar-refractivity contribution in [1.29, 1.82) is 0 Å². The molecule has 20 heavy (non-hydrogen) atoms. The molecule has 1 fully saturated rings. The van der Waals surface area contributed by atoms with Gasteiger partial charge in [0.25, 0.3) is 0 Å². The molecule has 0 radical (unpaired) electrons. The van der Waals surface area contributed by atoms with E-state index in [2.05, 4.69) is 20.8 Å². The summed E-state index contributed by atoms with van der Waals surface area (Å²) < 4.78 is 10.8. The summed E-state index contributed by atoms with van der Waals surface area (Å²) in [6.07, 6.45) is 9.50. The number of rotatable bonds is 8. The second kappa shape index (κ2) is 8.56. The van der Waals surface area contributed by atoms with Gasteiger partial charge in [-0.25, -0.2) is 0 Å². The van der Waals surface area contributed by atoms with Crippen LogP contribution in [0.1, 0.15) is 72.1 Å². The molecule has 1 rings (SSSR count). The molecular weight excluding hydrogens is 271 g/mol. The van der Waals surface area contributed by atoms with Gasteiger partial charge in [-0.1, -0.05) is 52.9 Å². The van der Waals surface area contributed by atoms with Crippen LogP contribution in [0.25, 0.3) is 0 Å². The van der Waals surface area contributed by atoms with E-state index in [0.29, 0.717) is 6.42 Å². The highest BCUT2D eigenvalue weighted by Gasteiger charge is 2.29. The van der Waals surface area contributed by atoms with E-state index >= 15 is 0 Å². The molecule has 3 nitrogen and oxygen atoms in total. The quantitative estimate of drug-likeness (QED) is 0.499. The average Bonchev–Trinajstić information content (AvgIpc) is 2.32. The van der Waals surface area contributed by atoms with E-state index in [1.165, 1.54) is 32.1 Å². The zero-order valence-electron chi connectivity index (χ0n) is 13.4. The van der Waals surface area contributed by atoms with Crippen LogP contribution in [0.15, 0.2) is 0 Å². The maximum atomic E-state index is 10.8. The van der Waals surface area contributed by atoms with Crippen molar-refractivity contribution in [1.82, 2.24) is 0 Å². The molecule has 1 saturated carbocycles. The minimum Gasteiger partial charge on any atom is -0.324 e. The molecule has 2 N–H and O–H groups in total. The van der Waals surface area contributed by atoms with Crippen LogP contribution in [0.2, 0.25) is 0 Å². The van der Waals surface area contributed by atoms with Crippen molar-refractivity contribution < 1.29 is 14.4 Å². The molecule has 0 aromatic rings. The van der Waals surface area contributed by atoms with Gasteiger partial charge in [-0.2, -0.15) is 0 Å². The Hall–Kier alpha value is 0.150. The monoisotopic (exact) mass is 304 g/mol. The predicted molar refractivity (Wildman–Crippen MR) is 84.8 cm³/mol.